The van der Waals surface area contributed by atoms with Crippen molar-refractivity contribution in [2.24, 2.45) is 7.05 Å². The van der Waals surface area contributed by atoms with Gasteiger partial charge in [-0.15, -0.1) is 5.10 Å². The number of nitrogens with zero attached hydrogens (tertiary/aromatic N) is 3. The van der Waals surface area contributed by atoms with Crippen LogP contribution in [0.25, 0.3) is 5.69 Å². The van der Waals surface area contributed by atoms with Crippen LogP contribution in [-0.2, 0) is 7.05 Å². The maximum Gasteiger partial charge on any atom is 0.422 e. The molecular formula is C21H19F5N4O4. The number of aryl methyl sites for hydroxylation is 1. The smallest absolute Gasteiger partial charge is 0.422 e. The van der Waals surface area contributed by atoms with Gasteiger partial charge in [-0.05, 0) is 31.5 Å². The molecule has 2 aromatic carbocycles. The van der Waals surface area contributed by atoms with E-state index < -0.39 is 59.1 Å². The van der Waals surface area contributed by atoms with Gasteiger partial charge in [0.25, 0.3) is 5.91 Å². The molecule has 13 heteroatoms. The van der Waals surface area contributed by atoms with Gasteiger partial charge in [-0.2, -0.15) is 17.9 Å². The molecule has 0 fully saturated rings. The van der Waals surface area contributed by atoms with Crippen LogP contribution >= 0.6 is 0 Å². The molecule has 0 aliphatic heterocycles. The van der Waals surface area contributed by atoms with E-state index >= 15 is 0 Å². The molecule has 0 bridgehead atoms. The van der Waals surface area contributed by atoms with Crippen molar-refractivity contribution in [3.05, 3.63) is 69.4 Å². The predicted molar refractivity (Wildman–Crippen MR) is 110 cm³/mol. The van der Waals surface area contributed by atoms with E-state index in [-0.39, 0.29) is 11.5 Å². The first-order valence-corrected chi connectivity index (χ1v) is 9.74. The number of anilines is 1. The topological polar surface area (TPSA) is 98.4 Å². The van der Waals surface area contributed by atoms with Gasteiger partial charge in [0, 0.05) is 13.1 Å². The number of aliphatic hydroxyl groups excluding tert-OH is 1. The molecule has 0 spiro atoms. The molecule has 0 aliphatic carbocycles. The summed E-state index contributed by atoms with van der Waals surface area (Å²) in [6.45, 7) is 0.961. The minimum absolute atomic E-state index is 0.140. The van der Waals surface area contributed by atoms with Crippen LogP contribution in [0.1, 0.15) is 34.8 Å². The first-order valence-electron chi connectivity index (χ1n) is 9.74. The highest BCUT2D eigenvalue weighted by Crippen LogP contribution is 2.29. The molecule has 0 saturated heterocycles. The number of halogens is 5. The number of ether oxygens (including phenoxy) is 1. The first-order chi connectivity index (χ1) is 15.8. The molecule has 1 unspecified atom stereocenters. The van der Waals surface area contributed by atoms with Crippen molar-refractivity contribution in [2.45, 2.75) is 26.1 Å². The largest absolute Gasteiger partial charge is 0.483 e. The molecule has 3 aromatic rings. The van der Waals surface area contributed by atoms with Crippen LogP contribution in [0.4, 0.5) is 27.6 Å². The van der Waals surface area contributed by atoms with E-state index in [2.05, 4.69) is 10.4 Å². The minimum Gasteiger partial charge on any atom is -0.483 e. The van der Waals surface area contributed by atoms with Crippen LogP contribution in [-0.4, -0.2) is 38.1 Å². The number of hydrogen-bond donors (Lipinski definition) is 2. The van der Waals surface area contributed by atoms with Gasteiger partial charge in [-0.1, -0.05) is 12.1 Å². The van der Waals surface area contributed by atoms with E-state index in [1.807, 2.05) is 0 Å². The van der Waals surface area contributed by atoms with Crippen molar-refractivity contribution in [3.8, 4) is 11.4 Å². The highest BCUT2D eigenvalue weighted by molar-refractivity contribution is 6.06. The lowest BCUT2D eigenvalue weighted by atomic mass is 10.1. The van der Waals surface area contributed by atoms with Crippen molar-refractivity contribution in [3.63, 3.8) is 0 Å². The number of rotatable bonds is 6. The summed E-state index contributed by atoms with van der Waals surface area (Å²) >= 11 is 0. The fourth-order valence-corrected chi connectivity index (χ4v) is 3.11. The van der Waals surface area contributed by atoms with Crippen molar-refractivity contribution in [1.82, 2.24) is 14.3 Å². The zero-order valence-corrected chi connectivity index (χ0v) is 18.1. The molecule has 34 heavy (non-hydrogen) atoms. The fraction of sp³-hybridized carbons (Fsp3) is 0.286. The normalized spacial score (nSPS) is 12.5. The standard InChI is InChI=1S/C21H19F5N4O4/c1-10-5-4-6-13(22)17(10)27-19(32)12-7-14(23)15(8-16(12)34-9-21(24,25)26)30-20(33)29(3)18(28-30)11(2)31/h4-8,11,31H,9H2,1-3H3,(H,27,32). The number of para-hydroxylation sites is 1. The van der Waals surface area contributed by atoms with Crippen molar-refractivity contribution >= 4 is 11.6 Å². The Morgan fingerprint density at radius 2 is 1.91 bits per heavy atom. The lowest BCUT2D eigenvalue weighted by Crippen LogP contribution is -2.25. The van der Waals surface area contributed by atoms with Gasteiger partial charge in [-0.3, -0.25) is 9.36 Å². The SMILES string of the molecule is Cc1cccc(F)c1NC(=O)c1cc(F)c(-n2nc(C(C)O)n(C)c2=O)cc1OCC(F)(F)F. The fourth-order valence-electron chi connectivity index (χ4n) is 3.11. The summed E-state index contributed by atoms with van der Waals surface area (Å²) in [5.74, 6) is -4.02. The van der Waals surface area contributed by atoms with Gasteiger partial charge >= 0.3 is 11.9 Å². The van der Waals surface area contributed by atoms with Crippen LogP contribution in [0.2, 0.25) is 0 Å². The monoisotopic (exact) mass is 486 g/mol. The third kappa shape index (κ3) is 5.09. The number of amides is 1. The maximum absolute atomic E-state index is 15.0. The molecule has 2 N–H and O–H groups in total. The number of aromatic nitrogens is 3. The molecule has 0 aliphatic rings. The van der Waals surface area contributed by atoms with E-state index in [0.29, 0.717) is 22.4 Å². The van der Waals surface area contributed by atoms with Crippen LogP contribution in [0.5, 0.6) is 5.75 Å². The van der Waals surface area contributed by atoms with Gasteiger partial charge in [-0.25, -0.2) is 13.6 Å². The summed E-state index contributed by atoms with van der Waals surface area (Å²) < 4.78 is 73.6. The molecule has 1 aromatic heterocycles. The quantitative estimate of drug-likeness (QED) is 0.521. The summed E-state index contributed by atoms with van der Waals surface area (Å²) in [5.41, 5.74) is -2.14. The molecule has 8 nitrogen and oxygen atoms in total. The van der Waals surface area contributed by atoms with Crippen LogP contribution in [0, 0.1) is 18.6 Å². The Hall–Kier alpha value is -3.74. The number of benzene rings is 2. The summed E-state index contributed by atoms with van der Waals surface area (Å²) in [6.07, 6.45) is -6.01. The van der Waals surface area contributed by atoms with Gasteiger partial charge < -0.3 is 15.2 Å². The van der Waals surface area contributed by atoms with E-state index in [9.17, 15) is 36.6 Å². The number of carbonyl (C=O) groups excluding carboxylic acids is 1. The molecule has 0 radical (unpaired) electrons. The molecular weight excluding hydrogens is 467 g/mol. The summed E-state index contributed by atoms with van der Waals surface area (Å²) in [5, 5.41) is 15.7. The van der Waals surface area contributed by atoms with Gasteiger partial charge in [0.05, 0.1) is 11.3 Å². The van der Waals surface area contributed by atoms with E-state index in [4.69, 9.17) is 4.74 Å². The van der Waals surface area contributed by atoms with Crippen LogP contribution < -0.4 is 15.7 Å². The zero-order valence-electron chi connectivity index (χ0n) is 18.1. The highest BCUT2D eigenvalue weighted by atomic mass is 19.4. The average molecular weight is 486 g/mol. The Kier molecular flexibility index (Phi) is 6.77. The Morgan fingerprint density at radius 1 is 1.24 bits per heavy atom. The third-order valence-corrected chi connectivity index (χ3v) is 4.76. The molecule has 182 valence electrons. The Bertz CT molecular complexity index is 1280. The molecule has 1 atom stereocenters. The number of aliphatic hydroxyl groups is 1. The molecule has 3 rings (SSSR count). The number of alkyl halides is 3. The Morgan fingerprint density at radius 3 is 2.47 bits per heavy atom. The van der Waals surface area contributed by atoms with E-state index in [1.54, 1.807) is 0 Å². The second kappa shape index (κ2) is 9.25. The molecule has 1 heterocycles. The molecule has 1 amide bonds. The van der Waals surface area contributed by atoms with Gasteiger partial charge in [0.2, 0.25) is 0 Å². The van der Waals surface area contributed by atoms with Crippen molar-refractivity contribution in [1.29, 1.82) is 0 Å². The Labute approximate surface area is 189 Å². The third-order valence-electron chi connectivity index (χ3n) is 4.76. The van der Waals surface area contributed by atoms with E-state index in [1.165, 1.54) is 33.0 Å². The lowest BCUT2D eigenvalue weighted by molar-refractivity contribution is -0.153. The summed E-state index contributed by atoms with van der Waals surface area (Å²) in [4.78, 5) is 25.2. The lowest BCUT2D eigenvalue weighted by Gasteiger charge is -2.16. The summed E-state index contributed by atoms with van der Waals surface area (Å²) in [7, 11) is 1.26. The Balaban J connectivity index is 2.12. The second-order valence-corrected chi connectivity index (χ2v) is 7.38. The van der Waals surface area contributed by atoms with Gasteiger partial charge in [0.1, 0.15) is 29.2 Å². The zero-order chi connectivity index (χ0) is 25.4. The predicted octanol–water partition coefficient (Wildman–Crippen LogP) is 3.40. The summed E-state index contributed by atoms with van der Waals surface area (Å²) in [6, 6.07) is 5.18. The minimum atomic E-state index is -4.80. The van der Waals surface area contributed by atoms with Gasteiger partial charge in [0.15, 0.2) is 12.4 Å². The van der Waals surface area contributed by atoms with Crippen molar-refractivity contribution in [2.75, 3.05) is 11.9 Å². The van der Waals surface area contributed by atoms with Crippen molar-refractivity contribution < 1.29 is 36.6 Å². The van der Waals surface area contributed by atoms with Crippen LogP contribution in [0.15, 0.2) is 35.1 Å². The van der Waals surface area contributed by atoms with E-state index in [0.717, 1.165) is 10.6 Å². The highest BCUT2D eigenvalue weighted by Gasteiger charge is 2.30. The second-order valence-electron chi connectivity index (χ2n) is 7.38. The number of carbonyl (C=O) groups is 1. The maximum atomic E-state index is 15.0. The average Bonchev–Trinajstić information content (AvgIpc) is 3.04. The number of hydrogen-bond acceptors (Lipinski definition) is 5. The van der Waals surface area contributed by atoms with Crippen LogP contribution in [0.3, 0.4) is 0 Å². The first kappa shape index (κ1) is 24.9. The number of nitrogens with one attached hydrogen (secondary N) is 1. The molecule has 0 saturated carbocycles.